The van der Waals surface area contributed by atoms with E-state index < -0.39 is 17.8 Å². The van der Waals surface area contributed by atoms with Crippen LogP contribution in [0.2, 0.25) is 0 Å². The number of benzene rings is 1. The van der Waals surface area contributed by atoms with Gasteiger partial charge in [-0.15, -0.1) is 0 Å². The first kappa shape index (κ1) is 19.5. The number of aliphatic hydroxyl groups is 1. The predicted octanol–water partition coefficient (Wildman–Crippen LogP) is 2.34. The molecule has 27 heavy (non-hydrogen) atoms. The van der Waals surface area contributed by atoms with Crippen LogP contribution in [0.4, 0.5) is 15.9 Å². The van der Waals surface area contributed by atoms with Crippen molar-refractivity contribution in [1.29, 1.82) is 0 Å². The Labute approximate surface area is 163 Å². The van der Waals surface area contributed by atoms with Crippen LogP contribution in [0.1, 0.15) is 22.8 Å². The highest BCUT2D eigenvalue weighted by molar-refractivity contribution is 9.10. The standard InChI is InChI=1S/C18H19BrFN3O4/c1-10(24)9-27-23-6-5-11-7-15(25)22(2)17(16(11)18(23)26)21-14-4-3-12(19)8-13(14)20/h3-4,7-8,10,21,24H,5-6,9H2,1-2H3. The minimum atomic E-state index is -0.728. The van der Waals surface area contributed by atoms with Gasteiger partial charge in [0.15, 0.2) is 0 Å². The maximum absolute atomic E-state index is 14.3. The van der Waals surface area contributed by atoms with Gasteiger partial charge in [0, 0.05) is 17.6 Å². The van der Waals surface area contributed by atoms with E-state index in [1.807, 2.05) is 0 Å². The van der Waals surface area contributed by atoms with Gasteiger partial charge in [-0.25, -0.2) is 9.45 Å². The quantitative estimate of drug-likeness (QED) is 0.746. The zero-order chi connectivity index (χ0) is 19.7. The van der Waals surface area contributed by atoms with Crippen molar-refractivity contribution >= 4 is 33.3 Å². The Bertz CT molecular complexity index is 945. The largest absolute Gasteiger partial charge is 0.391 e. The number of nitrogens with one attached hydrogen (secondary N) is 1. The molecule has 0 saturated heterocycles. The molecule has 7 nitrogen and oxygen atoms in total. The number of fused-ring (bicyclic) bond motifs is 1. The average Bonchev–Trinajstić information content (AvgIpc) is 2.60. The van der Waals surface area contributed by atoms with Gasteiger partial charge in [0.1, 0.15) is 18.2 Å². The zero-order valence-electron chi connectivity index (χ0n) is 14.8. The molecule has 3 rings (SSSR count). The molecular formula is C18H19BrFN3O4. The second-order valence-electron chi connectivity index (χ2n) is 6.34. The second-order valence-corrected chi connectivity index (χ2v) is 7.26. The predicted molar refractivity (Wildman–Crippen MR) is 101 cm³/mol. The van der Waals surface area contributed by atoms with Gasteiger partial charge in [0.25, 0.3) is 11.5 Å². The van der Waals surface area contributed by atoms with E-state index >= 15 is 0 Å². The lowest BCUT2D eigenvalue weighted by molar-refractivity contribution is -0.144. The average molecular weight is 440 g/mol. The van der Waals surface area contributed by atoms with Crippen molar-refractivity contribution in [2.45, 2.75) is 19.4 Å². The third kappa shape index (κ3) is 4.05. The Morgan fingerprint density at radius 1 is 1.37 bits per heavy atom. The highest BCUT2D eigenvalue weighted by atomic mass is 79.9. The normalized spacial score (nSPS) is 14.9. The molecule has 2 N–H and O–H groups in total. The first-order chi connectivity index (χ1) is 12.8. The molecule has 0 fully saturated rings. The van der Waals surface area contributed by atoms with Gasteiger partial charge in [-0.1, -0.05) is 15.9 Å². The molecule has 2 heterocycles. The molecule has 0 aliphatic carbocycles. The lowest BCUT2D eigenvalue weighted by atomic mass is 10.0. The summed E-state index contributed by atoms with van der Waals surface area (Å²) >= 11 is 3.19. The number of hydrogen-bond acceptors (Lipinski definition) is 5. The number of amides is 1. The fraction of sp³-hybridized carbons (Fsp3) is 0.333. The molecule has 1 aromatic heterocycles. The number of nitrogens with zero attached hydrogens (tertiary/aromatic N) is 2. The maximum Gasteiger partial charge on any atom is 0.281 e. The molecule has 0 spiro atoms. The lowest BCUT2D eigenvalue weighted by Gasteiger charge is -2.30. The van der Waals surface area contributed by atoms with Crippen molar-refractivity contribution in [3.63, 3.8) is 0 Å². The molecule has 0 radical (unpaired) electrons. The summed E-state index contributed by atoms with van der Waals surface area (Å²) in [5.41, 5.74) is 0.646. The molecule has 9 heteroatoms. The van der Waals surface area contributed by atoms with Gasteiger partial charge in [-0.3, -0.25) is 19.0 Å². The van der Waals surface area contributed by atoms with E-state index in [1.54, 1.807) is 13.0 Å². The number of halogens is 2. The monoisotopic (exact) mass is 439 g/mol. The second kappa shape index (κ2) is 7.79. The highest BCUT2D eigenvalue weighted by Gasteiger charge is 2.30. The van der Waals surface area contributed by atoms with Crippen LogP contribution in [-0.4, -0.2) is 39.9 Å². The number of carbonyl (C=O) groups excluding carboxylic acids is 1. The number of hydroxylamine groups is 2. The summed E-state index contributed by atoms with van der Waals surface area (Å²) in [6.45, 7) is 1.78. The Balaban J connectivity index is 2.03. The topological polar surface area (TPSA) is 83.8 Å². The summed E-state index contributed by atoms with van der Waals surface area (Å²) in [4.78, 5) is 30.5. The fourth-order valence-corrected chi connectivity index (χ4v) is 3.15. The van der Waals surface area contributed by atoms with Crippen LogP contribution in [0.25, 0.3) is 0 Å². The van der Waals surface area contributed by atoms with Crippen LogP contribution in [0.3, 0.4) is 0 Å². The molecule has 0 bridgehead atoms. The van der Waals surface area contributed by atoms with E-state index in [9.17, 15) is 19.1 Å². The van der Waals surface area contributed by atoms with Crippen molar-refractivity contribution in [3.05, 3.63) is 56.0 Å². The number of pyridine rings is 1. The van der Waals surface area contributed by atoms with Gasteiger partial charge in [-0.05, 0) is 37.1 Å². The van der Waals surface area contributed by atoms with Gasteiger partial charge in [0.05, 0.1) is 23.9 Å². The van der Waals surface area contributed by atoms with Crippen LogP contribution in [0.5, 0.6) is 0 Å². The number of hydrogen-bond donors (Lipinski definition) is 2. The van der Waals surface area contributed by atoms with Crippen molar-refractivity contribution < 1.29 is 19.1 Å². The third-order valence-corrected chi connectivity index (χ3v) is 4.70. The van der Waals surface area contributed by atoms with Gasteiger partial charge in [-0.2, -0.15) is 0 Å². The van der Waals surface area contributed by atoms with E-state index in [4.69, 9.17) is 4.84 Å². The summed E-state index contributed by atoms with van der Waals surface area (Å²) in [7, 11) is 1.50. The number of rotatable bonds is 5. The smallest absolute Gasteiger partial charge is 0.281 e. The Hall–Kier alpha value is -2.23. The molecule has 144 valence electrons. The van der Waals surface area contributed by atoms with Crippen LogP contribution in [-0.2, 0) is 18.3 Å². The van der Waals surface area contributed by atoms with Crippen molar-refractivity contribution in [1.82, 2.24) is 9.63 Å². The molecule has 1 aliphatic heterocycles. The van der Waals surface area contributed by atoms with Crippen LogP contribution >= 0.6 is 15.9 Å². The lowest BCUT2D eigenvalue weighted by Crippen LogP contribution is -2.41. The molecule has 1 unspecified atom stereocenters. The zero-order valence-corrected chi connectivity index (χ0v) is 16.4. The van der Waals surface area contributed by atoms with E-state index in [1.165, 1.54) is 29.8 Å². The Morgan fingerprint density at radius 3 is 2.78 bits per heavy atom. The summed E-state index contributed by atoms with van der Waals surface area (Å²) in [6, 6.07) is 5.86. The molecular weight excluding hydrogens is 421 g/mol. The minimum absolute atomic E-state index is 0.0308. The fourth-order valence-electron chi connectivity index (χ4n) is 2.82. The van der Waals surface area contributed by atoms with Crippen LogP contribution in [0.15, 0.2) is 33.5 Å². The number of anilines is 2. The van der Waals surface area contributed by atoms with E-state index in [0.717, 1.165) is 5.06 Å². The van der Waals surface area contributed by atoms with Crippen molar-refractivity contribution in [2.24, 2.45) is 7.05 Å². The molecule has 1 aliphatic rings. The maximum atomic E-state index is 14.3. The number of carbonyl (C=O) groups is 1. The molecule has 1 atom stereocenters. The molecule has 1 aromatic carbocycles. The summed E-state index contributed by atoms with van der Waals surface area (Å²) < 4.78 is 16.1. The van der Waals surface area contributed by atoms with Gasteiger partial charge >= 0.3 is 0 Å². The number of aromatic nitrogens is 1. The van der Waals surface area contributed by atoms with Crippen LogP contribution in [0, 0.1) is 5.82 Å². The van der Waals surface area contributed by atoms with Crippen LogP contribution < -0.4 is 10.9 Å². The minimum Gasteiger partial charge on any atom is -0.391 e. The SMILES string of the molecule is CC(O)CON1CCc2cc(=O)n(C)c(Nc3ccc(Br)cc3F)c2C1=O. The van der Waals surface area contributed by atoms with E-state index in [-0.39, 0.29) is 35.8 Å². The summed E-state index contributed by atoms with van der Waals surface area (Å²) in [6.07, 6.45) is -0.317. The van der Waals surface area contributed by atoms with Crippen molar-refractivity contribution in [2.75, 3.05) is 18.5 Å². The Kier molecular flexibility index (Phi) is 5.64. The van der Waals surface area contributed by atoms with Crippen molar-refractivity contribution in [3.8, 4) is 0 Å². The van der Waals surface area contributed by atoms with Gasteiger partial charge < -0.3 is 10.4 Å². The summed E-state index contributed by atoms with van der Waals surface area (Å²) in [5, 5.41) is 13.4. The highest BCUT2D eigenvalue weighted by Crippen LogP contribution is 2.29. The first-order valence-electron chi connectivity index (χ1n) is 8.35. The number of aliphatic hydroxyl groups excluding tert-OH is 1. The van der Waals surface area contributed by atoms with Gasteiger partial charge in [0.2, 0.25) is 0 Å². The van der Waals surface area contributed by atoms with E-state index in [2.05, 4.69) is 21.2 Å². The molecule has 1 amide bonds. The summed E-state index contributed by atoms with van der Waals surface area (Å²) in [5.74, 6) is -0.790. The van der Waals surface area contributed by atoms with E-state index in [0.29, 0.717) is 16.5 Å². The Morgan fingerprint density at radius 2 is 2.11 bits per heavy atom. The first-order valence-corrected chi connectivity index (χ1v) is 9.15. The molecule has 2 aromatic rings. The third-order valence-electron chi connectivity index (χ3n) is 4.20. The molecule has 0 saturated carbocycles.